The SMILES string of the molecule is CN1CCCC1CNC(=O)[C@@H]1CC=CC[C@@H]1C(=O)O. The number of hydrogen-bond donors (Lipinski definition) is 2. The van der Waals surface area contributed by atoms with E-state index in [1.165, 1.54) is 6.42 Å². The molecule has 2 rings (SSSR count). The van der Waals surface area contributed by atoms with Gasteiger partial charge in [-0.05, 0) is 39.3 Å². The molecule has 1 amide bonds. The molecule has 3 atom stereocenters. The van der Waals surface area contributed by atoms with E-state index in [4.69, 9.17) is 5.11 Å². The van der Waals surface area contributed by atoms with E-state index in [-0.39, 0.29) is 5.91 Å². The van der Waals surface area contributed by atoms with Crippen molar-refractivity contribution in [2.45, 2.75) is 31.7 Å². The van der Waals surface area contributed by atoms with E-state index in [2.05, 4.69) is 17.3 Å². The molecule has 106 valence electrons. The van der Waals surface area contributed by atoms with Gasteiger partial charge < -0.3 is 15.3 Å². The van der Waals surface area contributed by atoms with Crippen molar-refractivity contribution in [3.63, 3.8) is 0 Å². The molecule has 5 nitrogen and oxygen atoms in total. The molecule has 19 heavy (non-hydrogen) atoms. The van der Waals surface area contributed by atoms with Crippen LogP contribution in [0.4, 0.5) is 0 Å². The Hall–Kier alpha value is -1.36. The number of carbonyl (C=O) groups excluding carboxylic acids is 1. The Morgan fingerprint density at radius 1 is 1.32 bits per heavy atom. The number of carboxylic acids is 1. The van der Waals surface area contributed by atoms with Crippen LogP contribution in [0.1, 0.15) is 25.7 Å². The van der Waals surface area contributed by atoms with E-state index in [0.29, 0.717) is 25.4 Å². The van der Waals surface area contributed by atoms with E-state index in [1.54, 1.807) is 0 Å². The normalized spacial score (nSPS) is 31.3. The third-order valence-corrected chi connectivity index (χ3v) is 4.27. The summed E-state index contributed by atoms with van der Waals surface area (Å²) in [4.78, 5) is 25.6. The first kappa shape index (κ1) is 14.1. The van der Waals surface area contributed by atoms with Gasteiger partial charge in [-0.3, -0.25) is 9.59 Å². The van der Waals surface area contributed by atoms with Gasteiger partial charge in [-0.1, -0.05) is 12.2 Å². The van der Waals surface area contributed by atoms with E-state index in [9.17, 15) is 9.59 Å². The van der Waals surface area contributed by atoms with Gasteiger partial charge in [-0.25, -0.2) is 0 Å². The fraction of sp³-hybridized carbons (Fsp3) is 0.714. The van der Waals surface area contributed by atoms with Gasteiger partial charge in [0.2, 0.25) is 5.91 Å². The highest BCUT2D eigenvalue weighted by molar-refractivity contribution is 5.85. The summed E-state index contributed by atoms with van der Waals surface area (Å²) in [5.41, 5.74) is 0. The molecular formula is C14H22N2O3. The lowest BCUT2D eigenvalue weighted by atomic mass is 9.82. The third kappa shape index (κ3) is 3.35. The summed E-state index contributed by atoms with van der Waals surface area (Å²) in [5.74, 6) is -1.99. The molecule has 0 aromatic heterocycles. The average Bonchev–Trinajstić information content (AvgIpc) is 2.81. The monoisotopic (exact) mass is 266 g/mol. The van der Waals surface area contributed by atoms with Crippen LogP contribution in [0.3, 0.4) is 0 Å². The maximum atomic E-state index is 12.1. The molecule has 0 bridgehead atoms. The van der Waals surface area contributed by atoms with Crippen LogP contribution in [0.5, 0.6) is 0 Å². The summed E-state index contributed by atoms with van der Waals surface area (Å²) in [6, 6.07) is 0.395. The van der Waals surface area contributed by atoms with E-state index < -0.39 is 17.8 Å². The minimum atomic E-state index is -0.873. The van der Waals surface area contributed by atoms with Crippen LogP contribution in [0.25, 0.3) is 0 Å². The first-order valence-electron chi connectivity index (χ1n) is 6.95. The van der Waals surface area contributed by atoms with Crippen molar-refractivity contribution >= 4 is 11.9 Å². The molecule has 1 aliphatic carbocycles. The molecule has 1 unspecified atom stereocenters. The van der Waals surface area contributed by atoms with E-state index >= 15 is 0 Å². The summed E-state index contributed by atoms with van der Waals surface area (Å²) in [7, 11) is 2.06. The molecule has 0 saturated carbocycles. The zero-order valence-corrected chi connectivity index (χ0v) is 11.3. The number of amides is 1. The van der Waals surface area contributed by atoms with Crippen molar-refractivity contribution < 1.29 is 14.7 Å². The van der Waals surface area contributed by atoms with Crippen LogP contribution < -0.4 is 5.32 Å². The van der Waals surface area contributed by atoms with Crippen molar-refractivity contribution in [1.82, 2.24) is 10.2 Å². The number of aliphatic carboxylic acids is 1. The minimum absolute atomic E-state index is 0.114. The predicted octanol–water partition coefficient (Wildman–Crippen LogP) is 0.864. The number of nitrogens with one attached hydrogen (secondary N) is 1. The number of hydrogen-bond acceptors (Lipinski definition) is 3. The predicted molar refractivity (Wildman–Crippen MR) is 71.7 cm³/mol. The first-order chi connectivity index (χ1) is 9.09. The summed E-state index contributed by atoms with van der Waals surface area (Å²) in [6.45, 7) is 1.70. The number of carbonyl (C=O) groups is 2. The molecule has 2 aliphatic rings. The topological polar surface area (TPSA) is 69.6 Å². The number of carboxylic acid groups (broad SMARTS) is 1. The van der Waals surface area contributed by atoms with Gasteiger partial charge in [0.25, 0.3) is 0 Å². The zero-order chi connectivity index (χ0) is 13.8. The van der Waals surface area contributed by atoms with E-state index in [1.807, 2.05) is 12.2 Å². The van der Waals surface area contributed by atoms with Gasteiger partial charge >= 0.3 is 5.97 Å². The fourth-order valence-electron chi connectivity index (χ4n) is 2.96. The van der Waals surface area contributed by atoms with Crippen LogP contribution in [0.15, 0.2) is 12.2 Å². The van der Waals surface area contributed by atoms with Crippen LogP contribution in [0.2, 0.25) is 0 Å². The van der Waals surface area contributed by atoms with Crippen LogP contribution in [-0.4, -0.2) is 48.1 Å². The van der Waals surface area contributed by atoms with Crippen LogP contribution >= 0.6 is 0 Å². The fourth-order valence-corrected chi connectivity index (χ4v) is 2.96. The number of rotatable bonds is 4. The summed E-state index contributed by atoms with van der Waals surface area (Å²) in [5, 5.41) is 12.1. The molecule has 0 spiro atoms. The highest BCUT2D eigenvalue weighted by Crippen LogP contribution is 2.26. The van der Waals surface area contributed by atoms with Gasteiger partial charge in [0.15, 0.2) is 0 Å². The Bertz CT molecular complexity index is 381. The lowest BCUT2D eigenvalue weighted by Gasteiger charge is -2.26. The lowest BCUT2D eigenvalue weighted by Crippen LogP contribution is -2.43. The highest BCUT2D eigenvalue weighted by atomic mass is 16.4. The number of allylic oxidation sites excluding steroid dienone is 2. The molecule has 1 aliphatic heterocycles. The molecule has 0 aromatic carbocycles. The quantitative estimate of drug-likeness (QED) is 0.741. The van der Waals surface area contributed by atoms with Crippen molar-refractivity contribution in [3.05, 3.63) is 12.2 Å². The Labute approximate surface area is 113 Å². The summed E-state index contributed by atoms with van der Waals surface area (Å²) in [6.07, 6.45) is 7.02. The van der Waals surface area contributed by atoms with Crippen LogP contribution in [0, 0.1) is 11.8 Å². The first-order valence-corrected chi connectivity index (χ1v) is 6.95. The second-order valence-electron chi connectivity index (χ2n) is 5.52. The third-order valence-electron chi connectivity index (χ3n) is 4.27. The van der Waals surface area contributed by atoms with Crippen molar-refractivity contribution in [3.8, 4) is 0 Å². The largest absolute Gasteiger partial charge is 0.481 e. The van der Waals surface area contributed by atoms with Gasteiger partial charge in [0.1, 0.15) is 0 Å². The molecule has 1 heterocycles. The van der Waals surface area contributed by atoms with Gasteiger partial charge in [-0.15, -0.1) is 0 Å². The van der Waals surface area contributed by atoms with Crippen molar-refractivity contribution in [2.24, 2.45) is 11.8 Å². The zero-order valence-electron chi connectivity index (χ0n) is 11.3. The lowest BCUT2D eigenvalue weighted by molar-refractivity contribution is -0.147. The highest BCUT2D eigenvalue weighted by Gasteiger charge is 2.34. The standard InChI is InChI=1S/C14H22N2O3/c1-16-8-4-5-10(16)9-15-13(17)11-6-2-3-7-12(11)14(18)19/h2-3,10-12H,4-9H2,1H3,(H,15,17)(H,18,19)/t10?,11-,12+/m1/s1. The maximum Gasteiger partial charge on any atom is 0.307 e. The number of likely N-dealkylation sites (N-methyl/N-ethyl adjacent to an activating group) is 1. The van der Waals surface area contributed by atoms with Gasteiger partial charge in [-0.2, -0.15) is 0 Å². The molecule has 2 N–H and O–H groups in total. The minimum Gasteiger partial charge on any atom is -0.481 e. The summed E-state index contributed by atoms with van der Waals surface area (Å²) >= 11 is 0. The van der Waals surface area contributed by atoms with Crippen LogP contribution in [-0.2, 0) is 9.59 Å². The second-order valence-corrected chi connectivity index (χ2v) is 5.52. The molecule has 0 radical (unpaired) electrons. The molecule has 0 aromatic rings. The maximum absolute atomic E-state index is 12.1. The van der Waals surface area contributed by atoms with Gasteiger partial charge in [0, 0.05) is 12.6 Å². The number of likely N-dealkylation sites (tertiary alicyclic amines) is 1. The van der Waals surface area contributed by atoms with Crippen molar-refractivity contribution in [1.29, 1.82) is 0 Å². The second kappa shape index (κ2) is 6.19. The molecule has 1 fully saturated rings. The average molecular weight is 266 g/mol. The van der Waals surface area contributed by atoms with E-state index in [0.717, 1.165) is 13.0 Å². The van der Waals surface area contributed by atoms with Crippen molar-refractivity contribution in [2.75, 3.05) is 20.1 Å². The Balaban J connectivity index is 1.87. The molecule has 5 heteroatoms. The smallest absolute Gasteiger partial charge is 0.307 e. The summed E-state index contributed by atoms with van der Waals surface area (Å²) < 4.78 is 0. The Kier molecular flexibility index (Phi) is 4.58. The molecule has 1 saturated heterocycles. The van der Waals surface area contributed by atoms with Gasteiger partial charge in [0.05, 0.1) is 11.8 Å². The Morgan fingerprint density at radius 3 is 2.58 bits per heavy atom. The Morgan fingerprint density at radius 2 is 2.00 bits per heavy atom. The number of nitrogens with zero attached hydrogens (tertiary/aromatic N) is 1. The molecular weight excluding hydrogens is 244 g/mol.